The number of esters is 1. The summed E-state index contributed by atoms with van der Waals surface area (Å²) in [5, 5.41) is 13.5. The summed E-state index contributed by atoms with van der Waals surface area (Å²) in [7, 11) is -6.24. The zero-order valence-corrected chi connectivity index (χ0v) is 23.2. The minimum absolute atomic E-state index is 0.00242. The van der Waals surface area contributed by atoms with Crippen molar-refractivity contribution < 1.29 is 49.9 Å². The van der Waals surface area contributed by atoms with Gasteiger partial charge in [0, 0.05) is 17.5 Å². The third-order valence-corrected chi connectivity index (χ3v) is 7.86. The number of nitrogens with zero attached hydrogens (tertiary/aromatic N) is 2. The van der Waals surface area contributed by atoms with Crippen LogP contribution in [0.2, 0.25) is 0 Å². The predicted molar refractivity (Wildman–Crippen MR) is 138 cm³/mol. The summed E-state index contributed by atoms with van der Waals surface area (Å²) in [6, 6.07) is 8.44. The van der Waals surface area contributed by atoms with E-state index in [-0.39, 0.29) is 30.4 Å². The molecule has 2 N–H and O–H groups in total. The third-order valence-electron chi connectivity index (χ3n) is 6.92. The van der Waals surface area contributed by atoms with E-state index in [1.54, 1.807) is 37.3 Å². The second-order valence-corrected chi connectivity index (χ2v) is 11.4. The number of carbonyl (C=O) groups is 2. The van der Waals surface area contributed by atoms with Crippen molar-refractivity contribution >= 4 is 27.9 Å². The van der Waals surface area contributed by atoms with Crippen LogP contribution < -0.4 is 14.4 Å². The summed E-state index contributed by atoms with van der Waals surface area (Å²) in [5.41, 5.74) is -5.96. The van der Waals surface area contributed by atoms with E-state index < -0.39 is 63.5 Å². The largest absolute Gasteiger partial charge is 0.534 e. The lowest BCUT2D eigenvalue weighted by Crippen LogP contribution is -2.54. The van der Waals surface area contributed by atoms with Gasteiger partial charge >= 0.3 is 27.7 Å². The van der Waals surface area contributed by atoms with Crippen molar-refractivity contribution in [3.63, 3.8) is 0 Å². The van der Waals surface area contributed by atoms with Crippen molar-refractivity contribution in [2.24, 2.45) is 11.8 Å². The third kappa shape index (κ3) is 6.50. The minimum atomic E-state index is -6.24. The number of aromatic nitrogens is 1. The molecular formula is C26H30F3N3O8S. The lowest BCUT2D eigenvalue weighted by atomic mass is 9.80. The Kier molecular flexibility index (Phi) is 8.68. The van der Waals surface area contributed by atoms with Gasteiger partial charge in [-0.2, -0.15) is 21.6 Å². The fourth-order valence-electron chi connectivity index (χ4n) is 5.06. The molecule has 2 aliphatic rings. The molecule has 1 fully saturated rings. The van der Waals surface area contributed by atoms with E-state index in [1.807, 2.05) is 0 Å². The fraction of sp³-hybridized carbons (Fsp3) is 0.500. The van der Waals surface area contributed by atoms with Crippen LogP contribution in [0.3, 0.4) is 0 Å². The molecule has 15 heteroatoms. The maximum Gasteiger partial charge on any atom is 0.534 e. The normalized spacial score (nSPS) is 21.4. The second-order valence-electron chi connectivity index (χ2n) is 9.86. The molecule has 2 aromatic rings. The Labute approximate surface area is 234 Å². The van der Waals surface area contributed by atoms with Crippen LogP contribution in [-0.4, -0.2) is 55.0 Å². The standard InChI is InChI=1S/C26H30F3N3O8S/c1-4-38-24(34)19-12-18-20(31-25(35)39-13-16-8-6-5-7-9-16)14(2)21(17-10-11-17)32(15(3)33)22(18)23(30-19)40-41(36,37)26(27,28)29/h5-9,12,14-15,17,20-21,33H,4,10-11,13H2,1-3H3,(H,31,35)/t14-,15?,20?,21-/m1/s1. The van der Waals surface area contributed by atoms with E-state index in [9.17, 15) is 36.3 Å². The molecular weight excluding hydrogens is 571 g/mol. The Bertz CT molecular complexity index is 1380. The zero-order chi connectivity index (χ0) is 30.1. The summed E-state index contributed by atoms with van der Waals surface area (Å²) < 4.78 is 79.1. The van der Waals surface area contributed by atoms with Crippen LogP contribution >= 0.6 is 0 Å². The Morgan fingerprint density at radius 2 is 1.85 bits per heavy atom. The Morgan fingerprint density at radius 1 is 1.20 bits per heavy atom. The smallest absolute Gasteiger partial charge is 0.461 e. The number of fused-ring (bicyclic) bond motifs is 1. The molecule has 11 nitrogen and oxygen atoms in total. The number of alkyl carbamates (subject to hydrolysis) is 1. The van der Waals surface area contributed by atoms with Gasteiger partial charge in [-0.1, -0.05) is 37.3 Å². The molecule has 1 amide bonds. The summed E-state index contributed by atoms with van der Waals surface area (Å²) in [6.07, 6.45) is -0.746. The highest BCUT2D eigenvalue weighted by Gasteiger charge is 2.53. The molecule has 2 unspecified atom stereocenters. The summed E-state index contributed by atoms with van der Waals surface area (Å²) in [5.74, 6) is -2.66. The van der Waals surface area contributed by atoms with Gasteiger partial charge in [-0.3, -0.25) is 0 Å². The average molecular weight is 602 g/mol. The van der Waals surface area contributed by atoms with Crippen LogP contribution in [0, 0.1) is 11.8 Å². The molecule has 4 rings (SSSR count). The Balaban J connectivity index is 1.84. The number of hydrogen-bond acceptors (Lipinski definition) is 10. The molecule has 1 aliphatic carbocycles. The van der Waals surface area contributed by atoms with Gasteiger partial charge in [-0.15, -0.1) is 0 Å². The molecule has 1 aromatic carbocycles. The van der Waals surface area contributed by atoms with E-state index >= 15 is 0 Å². The molecule has 0 saturated heterocycles. The van der Waals surface area contributed by atoms with E-state index in [2.05, 4.69) is 14.5 Å². The van der Waals surface area contributed by atoms with Crippen LogP contribution in [0.4, 0.5) is 23.7 Å². The lowest BCUT2D eigenvalue weighted by molar-refractivity contribution is -0.0501. The molecule has 224 valence electrons. The number of amides is 1. The number of halogens is 3. The molecule has 1 aliphatic heterocycles. The van der Waals surface area contributed by atoms with Gasteiger partial charge in [0.05, 0.1) is 12.6 Å². The number of nitrogens with one attached hydrogen (secondary N) is 1. The quantitative estimate of drug-likeness (QED) is 0.246. The van der Waals surface area contributed by atoms with Gasteiger partial charge < -0.3 is 29.0 Å². The number of aliphatic hydroxyl groups is 1. The van der Waals surface area contributed by atoms with Crippen LogP contribution in [-0.2, 0) is 26.2 Å². The molecule has 0 spiro atoms. The van der Waals surface area contributed by atoms with E-state index in [4.69, 9.17) is 9.47 Å². The van der Waals surface area contributed by atoms with Gasteiger partial charge in [-0.25, -0.2) is 14.6 Å². The molecule has 4 atom stereocenters. The van der Waals surface area contributed by atoms with Crippen molar-refractivity contribution in [2.75, 3.05) is 11.5 Å². The summed E-state index contributed by atoms with van der Waals surface area (Å²) >= 11 is 0. The average Bonchev–Trinajstić information content (AvgIpc) is 3.73. The highest BCUT2D eigenvalue weighted by atomic mass is 32.2. The zero-order valence-electron chi connectivity index (χ0n) is 22.4. The monoisotopic (exact) mass is 601 g/mol. The first-order chi connectivity index (χ1) is 19.2. The highest BCUT2D eigenvalue weighted by molar-refractivity contribution is 7.88. The van der Waals surface area contributed by atoms with Gasteiger partial charge in [0.2, 0.25) is 0 Å². The van der Waals surface area contributed by atoms with Crippen LogP contribution in [0.25, 0.3) is 0 Å². The van der Waals surface area contributed by atoms with E-state index in [0.29, 0.717) is 5.56 Å². The molecule has 1 saturated carbocycles. The summed E-state index contributed by atoms with van der Waals surface area (Å²) in [6.45, 7) is 4.43. The van der Waals surface area contributed by atoms with E-state index in [1.165, 1.54) is 24.8 Å². The van der Waals surface area contributed by atoms with Crippen LogP contribution in [0.1, 0.15) is 61.3 Å². The van der Waals surface area contributed by atoms with Crippen molar-refractivity contribution in [1.82, 2.24) is 10.3 Å². The fourth-order valence-corrected chi connectivity index (χ4v) is 5.48. The highest BCUT2D eigenvalue weighted by Crippen LogP contribution is 2.52. The first-order valence-corrected chi connectivity index (χ1v) is 14.3. The number of aliphatic hydroxyl groups excluding tert-OH is 1. The van der Waals surface area contributed by atoms with Crippen molar-refractivity contribution in [3.05, 3.63) is 53.2 Å². The number of benzene rings is 1. The molecule has 1 aromatic heterocycles. The topological polar surface area (TPSA) is 144 Å². The molecule has 41 heavy (non-hydrogen) atoms. The Hall–Kier alpha value is -3.59. The first-order valence-electron chi connectivity index (χ1n) is 12.9. The SMILES string of the molecule is CCOC(=O)c1cc2c(c(OS(=O)(=O)C(F)(F)F)n1)N(C(C)O)[C@@H](C1CC1)[C@H](C)C2NC(=O)OCc1ccccc1. The summed E-state index contributed by atoms with van der Waals surface area (Å²) in [4.78, 5) is 30.7. The van der Waals surface area contributed by atoms with Gasteiger partial charge in [0.25, 0.3) is 5.88 Å². The molecule has 2 heterocycles. The predicted octanol–water partition coefficient (Wildman–Crippen LogP) is 4.03. The number of hydrogen-bond donors (Lipinski definition) is 2. The number of alkyl halides is 3. The van der Waals surface area contributed by atoms with Crippen LogP contribution in [0.15, 0.2) is 36.4 Å². The minimum Gasteiger partial charge on any atom is -0.461 e. The maximum absolute atomic E-state index is 13.4. The number of carbonyl (C=O) groups excluding carboxylic acids is 2. The first kappa shape index (κ1) is 30.4. The van der Waals surface area contributed by atoms with Gasteiger partial charge in [0.15, 0.2) is 5.69 Å². The number of rotatable bonds is 9. The Morgan fingerprint density at radius 3 is 2.41 bits per heavy atom. The van der Waals surface area contributed by atoms with Crippen molar-refractivity contribution in [3.8, 4) is 5.88 Å². The molecule has 0 radical (unpaired) electrons. The van der Waals surface area contributed by atoms with Crippen LogP contribution in [0.5, 0.6) is 5.88 Å². The van der Waals surface area contributed by atoms with Crippen molar-refractivity contribution in [2.45, 2.75) is 64.0 Å². The maximum atomic E-state index is 13.4. The van der Waals surface area contributed by atoms with E-state index in [0.717, 1.165) is 12.8 Å². The number of ether oxygens (including phenoxy) is 2. The lowest BCUT2D eigenvalue weighted by Gasteiger charge is -2.48. The van der Waals surface area contributed by atoms with Crippen molar-refractivity contribution in [1.29, 1.82) is 0 Å². The number of pyridine rings is 1. The second kappa shape index (κ2) is 11.7. The molecule has 0 bridgehead atoms. The number of anilines is 1. The van der Waals surface area contributed by atoms with Gasteiger partial charge in [-0.05, 0) is 44.2 Å². The van der Waals surface area contributed by atoms with Gasteiger partial charge in [0.1, 0.15) is 18.5 Å².